The molecule has 0 saturated carbocycles. The van der Waals surface area contributed by atoms with Crippen LogP contribution in [0.15, 0.2) is 46.9 Å². The third-order valence-electron chi connectivity index (χ3n) is 2.52. The molecular formula is C14H11BrFNOS. The first kappa shape index (κ1) is 14.0. The zero-order valence-electron chi connectivity index (χ0n) is 9.90. The van der Waals surface area contributed by atoms with E-state index in [-0.39, 0.29) is 10.7 Å². The molecule has 5 heteroatoms. The Hall–Kier alpha value is -1.46. The quantitative estimate of drug-likeness (QED) is 0.860. The topological polar surface area (TPSA) is 35.2 Å². The lowest BCUT2D eigenvalue weighted by Gasteiger charge is -2.08. The summed E-state index contributed by atoms with van der Waals surface area (Å²) in [7, 11) is 0. The maximum Gasteiger partial charge on any atom is 0.165 e. The third kappa shape index (κ3) is 3.75. The maximum atomic E-state index is 13.7. The van der Waals surface area contributed by atoms with E-state index < -0.39 is 5.82 Å². The predicted molar refractivity (Wildman–Crippen MR) is 80.8 cm³/mol. The SMILES string of the molecule is NC(=S)c1ccc(OCc2ccc(Br)cc2)c(F)c1. The van der Waals surface area contributed by atoms with Crippen molar-refractivity contribution in [1.82, 2.24) is 0 Å². The lowest BCUT2D eigenvalue weighted by Crippen LogP contribution is -2.09. The summed E-state index contributed by atoms with van der Waals surface area (Å²) in [5.74, 6) is -0.287. The van der Waals surface area contributed by atoms with Crippen molar-refractivity contribution in [2.24, 2.45) is 5.73 Å². The average Bonchev–Trinajstić information content (AvgIpc) is 2.39. The van der Waals surface area contributed by atoms with Crippen LogP contribution < -0.4 is 10.5 Å². The van der Waals surface area contributed by atoms with Gasteiger partial charge in [-0.2, -0.15) is 0 Å². The number of rotatable bonds is 4. The molecule has 2 aromatic carbocycles. The van der Waals surface area contributed by atoms with Crippen LogP contribution in [0, 0.1) is 5.82 Å². The molecule has 2 rings (SSSR count). The molecule has 0 bridgehead atoms. The van der Waals surface area contributed by atoms with Crippen LogP contribution in [-0.2, 0) is 6.61 Å². The molecule has 0 spiro atoms. The highest BCUT2D eigenvalue weighted by Crippen LogP contribution is 2.20. The van der Waals surface area contributed by atoms with E-state index >= 15 is 0 Å². The normalized spacial score (nSPS) is 10.2. The number of nitrogens with two attached hydrogens (primary N) is 1. The number of benzene rings is 2. The molecule has 2 N–H and O–H groups in total. The van der Waals surface area contributed by atoms with Crippen LogP contribution >= 0.6 is 28.1 Å². The summed E-state index contributed by atoms with van der Waals surface area (Å²) in [6, 6.07) is 12.1. The molecule has 0 aliphatic heterocycles. The minimum absolute atomic E-state index is 0.165. The van der Waals surface area contributed by atoms with Crippen LogP contribution in [0.25, 0.3) is 0 Å². The number of halogens is 2. The van der Waals surface area contributed by atoms with Gasteiger partial charge in [-0.05, 0) is 35.9 Å². The largest absolute Gasteiger partial charge is 0.486 e. The van der Waals surface area contributed by atoms with Crippen molar-refractivity contribution in [1.29, 1.82) is 0 Å². The van der Waals surface area contributed by atoms with Gasteiger partial charge in [0.05, 0.1) is 0 Å². The smallest absolute Gasteiger partial charge is 0.165 e. The Morgan fingerprint density at radius 2 is 1.89 bits per heavy atom. The summed E-state index contributed by atoms with van der Waals surface area (Å²) < 4.78 is 20.1. The van der Waals surface area contributed by atoms with Crippen molar-refractivity contribution in [2.45, 2.75) is 6.61 Å². The Bertz CT molecular complexity index is 601. The fourth-order valence-electron chi connectivity index (χ4n) is 1.51. The van der Waals surface area contributed by atoms with Crippen molar-refractivity contribution in [3.63, 3.8) is 0 Å². The fraction of sp³-hybridized carbons (Fsp3) is 0.0714. The molecule has 98 valence electrons. The number of thiocarbonyl (C=S) groups is 1. The van der Waals surface area contributed by atoms with Gasteiger partial charge in [-0.25, -0.2) is 4.39 Å². The minimum Gasteiger partial charge on any atom is -0.486 e. The van der Waals surface area contributed by atoms with E-state index in [1.54, 1.807) is 6.07 Å². The van der Waals surface area contributed by atoms with Gasteiger partial charge in [0, 0.05) is 10.0 Å². The summed E-state index contributed by atoms with van der Waals surface area (Å²) in [5, 5.41) is 0. The minimum atomic E-state index is -0.470. The molecule has 0 saturated heterocycles. The van der Waals surface area contributed by atoms with Gasteiger partial charge in [-0.1, -0.05) is 40.3 Å². The van der Waals surface area contributed by atoms with Crippen LogP contribution in [0.1, 0.15) is 11.1 Å². The van der Waals surface area contributed by atoms with E-state index in [1.807, 2.05) is 24.3 Å². The van der Waals surface area contributed by atoms with E-state index in [0.717, 1.165) is 10.0 Å². The molecule has 0 fully saturated rings. The first-order chi connectivity index (χ1) is 9.06. The fourth-order valence-corrected chi connectivity index (χ4v) is 1.90. The Labute approximate surface area is 124 Å². The maximum absolute atomic E-state index is 13.7. The Balaban J connectivity index is 2.07. The number of hydrogen-bond acceptors (Lipinski definition) is 2. The lowest BCUT2D eigenvalue weighted by molar-refractivity contribution is 0.290. The van der Waals surface area contributed by atoms with Crippen molar-refractivity contribution < 1.29 is 9.13 Å². The van der Waals surface area contributed by atoms with Gasteiger partial charge in [0.15, 0.2) is 11.6 Å². The van der Waals surface area contributed by atoms with Gasteiger partial charge in [0.1, 0.15) is 11.6 Å². The van der Waals surface area contributed by atoms with Gasteiger partial charge in [-0.3, -0.25) is 0 Å². The molecule has 0 aliphatic rings. The number of hydrogen-bond donors (Lipinski definition) is 1. The lowest BCUT2D eigenvalue weighted by atomic mass is 10.2. The van der Waals surface area contributed by atoms with Crippen LogP contribution in [0.4, 0.5) is 4.39 Å². The first-order valence-corrected chi connectivity index (χ1v) is 6.73. The van der Waals surface area contributed by atoms with Gasteiger partial charge < -0.3 is 10.5 Å². The molecule has 0 aromatic heterocycles. The Morgan fingerprint density at radius 3 is 2.47 bits per heavy atom. The standard InChI is InChI=1S/C14H11BrFNOS/c15-11-4-1-9(2-5-11)8-18-13-6-3-10(14(17)19)7-12(13)16/h1-7H,8H2,(H2,17,19). The third-order valence-corrected chi connectivity index (χ3v) is 3.29. The van der Waals surface area contributed by atoms with E-state index in [2.05, 4.69) is 15.9 Å². The van der Waals surface area contributed by atoms with E-state index in [4.69, 9.17) is 22.7 Å². The Kier molecular flexibility index (Phi) is 4.50. The molecule has 0 unspecified atom stereocenters. The van der Waals surface area contributed by atoms with Crippen molar-refractivity contribution >= 4 is 33.1 Å². The molecule has 19 heavy (non-hydrogen) atoms. The average molecular weight is 340 g/mol. The second kappa shape index (κ2) is 6.12. The second-order valence-electron chi connectivity index (χ2n) is 3.92. The van der Waals surface area contributed by atoms with E-state index in [1.165, 1.54) is 12.1 Å². The highest BCUT2D eigenvalue weighted by Gasteiger charge is 2.06. The van der Waals surface area contributed by atoms with Crippen LogP contribution in [0.3, 0.4) is 0 Å². The zero-order chi connectivity index (χ0) is 13.8. The van der Waals surface area contributed by atoms with Crippen molar-refractivity contribution in [2.75, 3.05) is 0 Å². The number of ether oxygens (including phenoxy) is 1. The van der Waals surface area contributed by atoms with Crippen LogP contribution in [0.5, 0.6) is 5.75 Å². The summed E-state index contributed by atoms with van der Waals surface area (Å²) in [4.78, 5) is 0.165. The van der Waals surface area contributed by atoms with E-state index in [9.17, 15) is 4.39 Å². The van der Waals surface area contributed by atoms with Crippen LogP contribution in [0.2, 0.25) is 0 Å². The molecular weight excluding hydrogens is 329 g/mol. The summed E-state index contributed by atoms with van der Waals surface area (Å²) in [5.41, 5.74) is 6.88. The van der Waals surface area contributed by atoms with Crippen LogP contribution in [-0.4, -0.2) is 4.99 Å². The van der Waals surface area contributed by atoms with E-state index in [0.29, 0.717) is 12.2 Å². The predicted octanol–water partition coefficient (Wildman–Crippen LogP) is 3.80. The monoisotopic (exact) mass is 339 g/mol. The summed E-state index contributed by atoms with van der Waals surface area (Å²) >= 11 is 8.13. The molecule has 2 nitrogen and oxygen atoms in total. The highest BCUT2D eigenvalue weighted by molar-refractivity contribution is 9.10. The van der Waals surface area contributed by atoms with Gasteiger partial charge in [0.25, 0.3) is 0 Å². The van der Waals surface area contributed by atoms with Gasteiger partial charge in [0.2, 0.25) is 0 Å². The first-order valence-electron chi connectivity index (χ1n) is 5.53. The highest BCUT2D eigenvalue weighted by atomic mass is 79.9. The summed E-state index contributed by atoms with van der Waals surface area (Å²) in [6.45, 7) is 0.302. The molecule has 0 heterocycles. The molecule has 0 aliphatic carbocycles. The molecule has 0 atom stereocenters. The summed E-state index contributed by atoms with van der Waals surface area (Å²) in [6.07, 6.45) is 0. The van der Waals surface area contributed by atoms with Gasteiger partial charge >= 0.3 is 0 Å². The van der Waals surface area contributed by atoms with Gasteiger partial charge in [-0.15, -0.1) is 0 Å². The molecule has 0 radical (unpaired) electrons. The second-order valence-corrected chi connectivity index (χ2v) is 5.28. The van der Waals surface area contributed by atoms with Crippen molar-refractivity contribution in [3.8, 4) is 5.75 Å². The molecule has 0 amide bonds. The zero-order valence-corrected chi connectivity index (χ0v) is 12.3. The van der Waals surface area contributed by atoms with Crippen molar-refractivity contribution in [3.05, 3.63) is 63.9 Å². The molecule has 2 aromatic rings. The Morgan fingerprint density at radius 1 is 1.21 bits per heavy atom.